The molecule has 3 heteroatoms. The number of hydrogen-bond donors (Lipinski definition) is 1. The van der Waals surface area contributed by atoms with Gasteiger partial charge in [-0.2, -0.15) is 0 Å². The van der Waals surface area contributed by atoms with Crippen LogP contribution < -0.4 is 0 Å². The molecule has 1 heterocycles. The second-order valence-corrected chi connectivity index (χ2v) is 10.5. The van der Waals surface area contributed by atoms with Crippen molar-refractivity contribution in [1.82, 2.24) is 0 Å². The van der Waals surface area contributed by atoms with E-state index in [1.807, 2.05) is 30.3 Å². The third kappa shape index (κ3) is 4.77. The normalized spacial score (nSPS) is 18.2. The minimum Gasteiger partial charge on any atom is -0.222 e. The zero-order valence-electron chi connectivity index (χ0n) is 20.8. The first-order chi connectivity index (χ1) is 16.2. The van der Waals surface area contributed by atoms with Gasteiger partial charge in [-0.1, -0.05) is 105 Å². The minimum atomic E-state index is -0.735. The molecule has 0 aliphatic carbocycles. The van der Waals surface area contributed by atoms with Gasteiger partial charge in [0.2, 0.25) is 0 Å². The molecular formula is C31H36NO2+. The molecule has 176 valence electrons. The zero-order chi connectivity index (χ0) is 24.3. The number of allylic oxidation sites excluding steroid dienone is 1. The molecule has 3 aromatic rings. The van der Waals surface area contributed by atoms with Crippen molar-refractivity contribution >= 4 is 11.5 Å². The van der Waals surface area contributed by atoms with Gasteiger partial charge in [0.25, 0.3) is 0 Å². The number of fused-ring (bicyclic) bond motifs is 1. The number of unbranched alkanes of at least 4 members (excludes halogenated alkanes) is 2. The van der Waals surface area contributed by atoms with Gasteiger partial charge in [-0.15, -0.1) is 0 Å². The lowest BCUT2D eigenvalue weighted by Gasteiger charge is -2.38. The predicted molar refractivity (Wildman–Crippen MR) is 138 cm³/mol. The van der Waals surface area contributed by atoms with E-state index in [1.165, 1.54) is 11.1 Å². The van der Waals surface area contributed by atoms with Gasteiger partial charge in [0, 0.05) is 11.0 Å². The molecule has 1 aliphatic heterocycles. The summed E-state index contributed by atoms with van der Waals surface area (Å²) in [4.78, 5) is 13.5. The van der Waals surface area contributed by atoms with E-state index >= 15 is 0 Å². The number of nitrogens with zero attached hydrogens (tertiary/aromatic N) is 1. The summed E-state index contributed by atoms with van der Waals surface area (Å²) in [5.41, 5.74) is 6.55. The number of hydroxylamine groups is 3. The molecule has 0 spiro atoms. The molecule has 1 unspecified atom stereocenters. The van der Waals surface area contributed by atoms with Crippen LogP contribution in [-0.2, 0) is 12.8 Å². The Bertz CT molecular complexity index is 1190. The highest BCUT2D eigenvalue weighted by atomic mass is 16.6. The minimum absolute atomic E-state index is 0.259. The number of carbonyl (C=O) groups excluding carboxylic acids is 1. The number of benzene rings is 3. The Labute approximate surface area is 203 Å². The third-order valence-corrected chi connectivity index (χ3v) is 6.73. The first-order valence-electron chi connectivity index (χ1n) is 12.3. The van der Waals surface area contributed by atoms with Crippen molar-refractivity contribution in [1.29, 1.82) is 0 Å². The monoisotopic (exact) mass is 454 g/mol. The molecule has 0 bridgehead atoms. The lowest BCUT2D eigenvalue weighted by molar-refractivity contribution is -0.993. The van der Waals surface area contributed by atoms with Crippen LogP contribution in [0.15, 0.2) is 84.6 Å². The molecule has 0 fully saturated rings. The fourth-order valence-electron chi connectivity index (χ4n) is 5.33. The van der Waals surface area contributed by atoms with Crippen molar-refractivity contribution in [2.24, 2.45) is 5.41 Å². The lowest BCUT2D eigenvalue weighted by Crippen LogP contribution is -2.52. The summed E-state index contributed by atoms with van der Waals surface area (Å²) < 4.78 is -0.735. The van der Waals surface area contributed by atoms with Crippen molar-refractivity contribution in [2.45, 2.75) is 52.9 Å². The van der Waals surface area contributed by atoms with Crippen LogP contribution in [0.1, 0.15) is 72.6 Å². The van der Waals surface area contributed by atoms with E-state index in [9.17, 15) is 10.0 Å². The summed E-state index contributed by atoms with van der Waals surface area (Å²) >= 11 is 0. The predicted octanol–water partition coefficient (Wildman–Crippen LogP) is 7.44. The van der Waals surface area contributed by atoms with Crippen LogP contribution in [0.3, 0.4) is 0 Å². The van der Waals surface area contributed by atoms with Gasteiger partial charge >= 0.3 is 5.91 Å². The number of carbonyl (C=O) groups is 1. The molecule has 0 saturated heterocycles. The molecule has 3 nitrogen and oxygen atoms in total. The average Bonchev–Trinajstić information content (AvgIpc) is 2.81. The molecular weight excluding hydrogens is 418 g/mol. The zero-order valence-corrected chi connectivity index (χ0v) is 20.8. The highest BCUT2D eigenvalue weighted by Crippen LogP contribution is 2.47. The molecule has 3 aromatic carbocycles. The third-order valence-electron chi connectivity index (χ3n) is 6.73. The first-order valence-corrected chi connectivity index (χ1v) is 12.3. The van der Waals surface area contributed by atoms with Gasteiger partial charge in [0.15, 0.2) is 5.70 Å². The fourth-order valence-corrected chi connectivity index (χ4v) is 5.33. The number of aryl methyl sites for hydroxylation is 2. The molecule has 0 saturated carbocycles. The number of amides is 1. The molecule has 0 aromatic heterocycles. The summed E-state index contributed by atoms with van der Waals surface area (Å²) in [6.07, 6.45) is 5.36. The molecule has 4 rings (SSSR count). The molecule has 34 heavy (non-hydrogen) atoms. The smallest absolute Gasteiger partial charge is 0.222 e. The van der Waals surface area contributed by atoms with E-state index in [1.54, 1.807) is 7.05 Å². The van der Waals surface area contributed by atoms with Crippen LogP contribution in [0.4, 0.5) is 0 Å². The summed E-state index contributed by atoms with van der Waals surface area (Å²) in [6.45, 7) is 6.22. The maximum atomic E-state index is 13.5. The van der Waals surface area contributed by atoms with Gasteiger partial charge < -0.3 is 0 Å². The Morgan fingerprint density at radius 3 is 2.03 bits per heavy atom. The quantitative estimate of drug-likeness (QED) is 0.229. The van der Waals surface area contributed by atoms with Crippen LogP contribution in [-0.4, -0.2) is 22.8 Å². The molecule has 1 atom stereocenters. The van der Waals surface area contributed by atoms with Crippen LogP contribution in [0.5, 0.6) is 0 Å². The van der Waals surface area contributed by atoms with E-state index in [2.05, 4.69) is 69.3 Å². The van der Waals surface area contributed by atoms with Crippen molar-refractivity contribution in [3.63, 3.8) is 0 Å². The van der Waals surface area contributed by atoms with Gasteiger partial charge in [0.05, 0.1) is 11.1 Å². The molecule has 1 aliphatic rings. The maximum absolute atomic E-state index is 13.5. The van der Waals surface area contributed by atoms with Crippen molar-refractivity contribution in [3.05, 3.63) is 112 Å². The number of hydrogen-bond acceptors (Lipinski definition) is 2. The van der Waals surface area contributed by atoms with E-state index in [0.29, 0.717) is 5.56 Å². The molecule has 1 amide bonds. The van der Waals surface area contributed by atoms with Crippen molar-refractivity contribution < 1.29 is 14.6 Å². The van der Waals surface area contributed by atoms with E-state index in [0.717, 1.165) is 54.5 Å². The van der Waals surface area contributed by atoms with Gasteiger partial charge in [0.1, 0.15) is 7.05 Å². The van der Waals surface area contributed by atoms with Crippen molar-refractivity contribution in [2.75, 3.05) is 7.05 Å². The van der Waals surface area contributed by atoms with Crippen molar-refractivity contribution in [3.8, 4) is 0 Å². The summed E-state index contributed by atoms with van der Waals surface area (Å²) in [7, 11) is 1.60. The highest BCUT2D eigenvalue weighted by molar-refractivity contribution is 6.02. The molecule has 0 radical (unpaired) electrons. The van der Waals surface area contributed by atoms with Crippen LogP contribution in [0.2, 0.25) is 0 Å². The Morgan fingerprint density at radius 1 is 0.765 bits per heavy atom. The van der Waals surface area contributed by atoms with Crippen LogP contribution in [0.25, 0.3) is 5.57 Å². The van der Waals surface area contributed by atoms with Gasteiger partial charge in [-0.05, 0) is 48.4 Å². The summed E-state index contributed by atoms with van der Waals surface area (Å²) in [5.74, 6) is -0.259. The Morgan fingerprint density at radius 2 is 1.38 bits per heavy atom. The largest absolute Gasteiger partial charge is 0.383 e. The topological polar surface area (TPSA) is 37.3 Å². The maximum Gasteiger partial charge on any atom is 0.383 e. The van der Waals surface area contributed by atoms with E-state index in [-0.39, 0.29) is 5.91 Å². The van der Waals surface area contributed by atoms with Crippen LogP contribution in [0, 0.1) is 5.41 Å². The lowest BCUT2D eigenvalue weighted by atomic mass is 9.77. The molecule has 1 N–H and O–H groups in total. The second kappa shape index (κ2) is 9.69. The Kier molecular flexibility index (Phi) is 6.88. The highest BCUT2D eigenvalue weighted by Gasteiger charge is 2.50. The number of quaternary nitrogens is 1. The Hall–Kier alpha value is -3.01. The van der Waals surface area contributed by atoms with Crippen LogP contribution >= 0.6 is 0 Å². The SMILES string of the molecule is CC(C)(C)C1=C(c2ccccc2)c2c(CCCCCc3ccccc3)cccc2C(=O)[N+]1(C)O. The van der Waals surface area contributed by atoms with E-state index in [4.69, 9.17) is 0 Å². The fraction of sp³-hybridized carbons (Fsp3) is 0.323. The standard InChI is InChI=1S/C31H36NO2/c1-31(2,3)29-28(25-19-12-7-13-20-25)27-24(21-14-22-26(27)30(33)32(29,4)34)18-11-6-10-17-23-15-8-5-9-16-23/h5,7-9,12-16,19-22,34H,6,10-11,17-18H2,1-4H3/q+1. The Balaban J connectivity index is 1.71. The summed E-state index contributed by atoms with van der Waals surface area (Å²) in [5, 5.41) is 11.5. The van der Waals surface area contributed by atoms with Gasteiger partial charge in [-0.3, -0.25) is 0 Å². The summed E-state index contributed by atoms with van der Waals surface area (Å²) in [6, 6.07) is 26.8. The first kappa shape index (κ1) is 24.1. The van der Waals surface area contributed by atoms with E-state index < -0.39 is 10.1 Å². The second-order valence-electron chi connectivity index (χ2n) is 10.5. The van der Waals surface area contributed by atoms with Gasteiger partial charge in [-0.25, -0.2) is 10.0 Å². The average molecular weight is 455 g/mol. The number of rotatable bonds is 7.